The Morgan fingerprint density at radius 3 is 2.14 bits per heavy atom. The molecule has 1 N–H and O–H groups in total. The predicted molar refractivity (Wildman–Crippen MR) is 113 cm³/mol. The molecule has 0 aliphatic carbocycles. The molecule has 0 aromatic heterocycles. The third kappa shape index (κ3) is 7.62. The Kier molecular flexibility index (Phi) is 8.95. The van der Waals surface area contributed by atoms with Gasteiger partial charge in [0, 0.05) is 0 Å². The van der Waals surface area contributed by atoms with E-state index < -0.39 is 35.9 Å². The second kappa shape index (κ2) is 11.0. The zero-order valence-electron chi connectivity index (χ0n) is 15.3. The zero-order valence-corrected chi connectivity index (χ0v) is 18.2. The van der Waals surface area contributed by atoms with Gasteiger partial charge in [-0.15, -0.1) is 0 Å². The number of alkyl halides is 3. The standard InChI is InChI=1S/C20H20F3IO4S/c21-20(22,23)29(26,27)28-24(19-9-5-2-6-10-19)15-13-18(14-16-25)12-11-17-7-3-1-4-8-17/h1-10,18,25H,11-12,14,16H2. The van der Waals surface area contributed by atoms with Crippen LogP contribution >= 0.6 is 20.2 Å². The van der Waals surface area contributed by atoms with Crippen LogP contribution in [0.5, 0.6) is 0 Å². The first-order valence-corrected chi connectivity index (χ1v) is 13.1. The van der Waals surface area contributed by atoms with E-state index in [1.807, 2.05) is 30.3 Å². The summed E-state index contributed by atoms with van der Waals surface area (Å²) in [4.78, 5) is 0. The Labute approximate surface area is 176 Å². The third-order valence-electron chi connectivity index (χ3n) is 3.81. The van der Waals surface area contributed by atoms with Crippen molar-refractivity contribution in [3.05, 3.63) is 69.8 Å². The fraction of sp³-hybridized carbons (Fsp3) is 0.300. The van der Waals surface area contributed by atoms with Crippen molar-refractivity contribution in [2.24, 2.45) is 5.92 Å². The number of rotatable bonds is 8. The first-order valence-electron chi connectivity index (χ1n) is 8.65. The molecule has 29 heavy (non-hydrogen) atoms. The Balaban J connectivity index is 2.23. The summed E-state index contributed by atoms with van der Waals surface area (Å²) in [6.45, 7) is -0.130. The minimum absolute atomic E-state index is 0.130. The second-order valence-electron chi connectivity index (χ2n) is 5.98. The first-order chi connectivity index (χ1) is 13.7. The molecule has 158 valence electrons. The summed E-state index contributed by atoms with van der Waals surface area (Å²) in [5, 5.41) is 9.28. The first kappa shape index (κ1) is 23.7. The molecule has 0 aliphatic rings. The number of aliphatic hydroxyl groups excluding tert-OH is 1. The molecule has 0 bridgehead atoms. The van der Waals surface area contributed by atoms with Crippen LogP contribution in [0.1, 0.15) is 18.4 Å². The number of aliphatic hydroxyl groups is 1. The fourth-order valence-electron chi connectivity index (χ4n) is 2.31. The summed E-state index contributed by atoms with van der Waals surface area (Å²) < 4.78 is 68.9. The fourth-order valence-corrected chi connectivity index (χ4v) is 7.68. The quantitative estimate of drug-likeness (QED) is 0.299. The minimum atomic E-state index is -5.74. The van der Waals surface area contributed by atoms with E-state index in [4.69, 9.17) is 0 Å². The van der Waals surface area contributed by atoms with Crippen molar-refractivity contribution < 1.29 is 29.2 Å². The maximum absolute atomic E-state index is 12.8. The summed E-state index contributed by atoms with van der Waals surface area (Å²) in [6.07, 6.45) is 1.61. The van der Waals surface area contributed by atoms with Crippen LogP contribution in [0.2, 0.25) is 0 Å². The predicted octanol–water partition coefficient (Wildman–Crippen LogP) is 4.74. The summed E-state index contributed by atoms with van der Waals surface area (Å²) in [5.74, 6) is 2.58. The molecule has 2 rings (SSSR count). The van der Waals surface area contributed by atoms with E-state index in [1.165, 1.54) is 12.1 Å². The molecule has 0 aliphatic heterocycles. The van der Waals surface area contributed by atoms with E-state index >= 15 is 0 Å². The SMILES string of the molecule is O=S(=O)(OI(C#CC(CCO)CCc1ccccc1)c1ccccc1)C(F)(F)F. The van der Waals surface area contributed by atoms with Crippen LogP contribution in [-0.2, 0) is 19.1 Å². The van der Waals surface area contributed by atoms with Gasteiger partial charge in [-0.05, 0) is 0 Å². The number of benzene rings is 2. The molecule has 0 spiro atoms. The second-order valence-corrected chi connectivity index (χ2v) is 11.8. The van der Waals surface area contributed by atoms with E-state index in [9.17, 15) is 26.7 Å². The molecule has 9 heteroatoms. The van der Waals surface area contributed by atoms with Gasteiger partial charge in [0.25, 0.3) is 0 Å². The van der Waals surface area contributed by atoms with Crippen LogP contribution in [0, 0.1) is 19.3 Å². The molecule has 0 saturated heterocycles. The van der Waals surface area contributed by atoms with Crippen molar-refractivity contribution in [1.82, 2.24) is 0 Å². The van der Waals surface area contributed by atoms with Crippen molar-refractivity contribution in [2.45, 2.75) is 24.8 Å². The van der Waals surface area contributed by atoms with Gasteiger partial charge in [-0.1, -0.05) is 0 Å². The van der Waals surface area contributed by atoms with Crippen molar-refractivity contribution in [3.8, 4) is 9.85 Å². The molecule has 0 saturated carbocycles. The van der Waals surface area contributed by atoms with Crippen molar-refractivity contribution in [1.29, 1.82) is 0 Å². The van der Waals surface area contributed by atoms with Gasteiger partial charge in [0.05, 0.1) is 0 Å². The van der Waals surface area contributed by atoms with Gasteiger partial charge >= 0.3 is 177 Å². The Morgan fingerprint density at radius 1 is 1.00 bits per heavy atom. The molecule has 2 aromatic carbocycles. The maximum atomic E-state index is 12.8. The van der Waals surface area contributed by atoms with E-state index in [2.05, 4.69) is 12.4 Å². The molecule has 0 heterocycles. The molecular formula is C20H20F3IO4S. The van der Waals surface area contributed by atoms with Crippen molar-refractivity contribution in [2.75, 3.05) is 6.61 Å². The van der Waals surface area contributed by atoms with Crippen molar-refractivity contribution in [3.63, 3.8) is 0 Å². The van der Waals surface area contributed by atoms with Crippen LogP contribution in [0.15, 0.2) is 60.7 Å². The zero-order chi connectivity index (χ0) is 21.3. The van der Waals surface area contributed by atoms with Gasteiger partial charge in [-0.25, -0.2) is 0 Å². The monoisotopic (exact) mass is 540 g/mol. The van der Waals surface area contributed by atoms with Gasteiger partial charge in [-0.3, -0.25) is 0 Å². The molecule has 0 radical (unpaired) electrons. The van der Waals surface area contributed by atoms with Crippen LogP contribution in [0.25, 0.3) is 0 Å². The summed E-state index contributed by atoms with van der Waals surface area (Å²) in [5.41, 5.74) is -4.43. The normalized spacial score (nSPS) is 13.3. The van der Waals surface area contributed by atoms with E-state index in [-0.39, 0.29) is 12.5 Å². The van der Waals surface area contributed by atoms with Crippen LogP contribution in [0.4, 0.5) is 13.2 Å². The number of hydrogen-bond donors (Lipinski definition) is 1. The van der Waals surface area contributed by atoms with Gasteiger partial charge in [0.1, 0.15) is 0 Å². The molecular weight excluding hydrogens is 520 g/mol. The number of aryl methyl sites for hydroxylation is 1. The van der Waals surface area contributed by atoms with Crippen LogP contribution in [0.3, 0.4) is 0 Å². The Bertz CT molecular complexity index is 923. The average Bonchev–Trinajstić information content (AvgIpc) is 2.69. The molecule has 0 fully saturated rings. The van der Waals surface area contributed by atoms with E-state index in [0.29, 0.717) is 22.8 Å². The molecule has 1 unspecified atom stereocenters. The van der Waals surface area contributed by atoms with E-state index in [0.717, 1.165) is 5.56 Å². The molecule has 1 atom stereocenters. The molecule has 0 amide bonds. The summed E-state index contributed by atoms with van der Waals surface area (Å²) in [7, 11) is -5.74. The van der Waals surface area contributed by atoms with E-state index in [1.54, 1.807) is 18.2 Å². The molecule has 4 nitrogen and oxygen atoms in total. The third-order valence-corrected chi connectivity index (χ3v) is 9.82. The van der Waals surface area contributed by atoms with Gasteiger partial charge in [0.15, 0.2) is 0 Å². The summed E-state index contributed by atoms with van der Waals surface area (Å²) in [6, 6.07) is 17.5. The van der Waals surface area contributed by atoms with Gasteiger partial charge in [-0.2, -0.15) is 0 Å². The Hall–Kier alpha value is -1.61. The number of halogens is 4. The van der Waals surface area contributed by atoms with Gasteiger partial charge in [0.2, 0.25) is 0 Å². The Morgan fingerprint density at radius 2 is 1.59 bits per heavy atom. The topological polar surface area (TPSA) is 63.6 Å². The van der Waals surface area contributed by atoms with Crippen LogP contribution in [-0.4, -0.2) is 25.6 Å². The van der Waals surface area contributed by atoms with Gasteiger partial charge < -0.3 is 0 Å². The van der Waals surface area contributed by atoms with Crippen molar-refractivity contribution >= 4 is 30.4 Å². The summed E-state index contributed by atoms with van der Waals surface area (Å²) >= 11 is -3.46. The number of hydrogen-bond acceptors (Lipinski definition) is 4. The average molecular weight is 540 g/mol. The van der Waals surface area contributed by atoms with Crippen LogP contribution < -0.4 is 0 Å². The molecule has 2 aromatic rings.